The molecule has 2 rings (SSSR count). The zero-order valence-corrected chi connectivity index (χ0v) is 8.94. The molecule has 0 aromatic carbocycles. The van der Waals surface area contributed by atoms with Gasteiger partial charge < -0.3 is 15.4 Å². The third kappa shape index (κ3) is 2.18. The molecule has 1 saturated heterocycles. The molecule has 4 heteroatoms. The first-order valence-corrected chi connectivity index (χ1v) is 5.38. The zero-order chi connectivity index (χ0) is 10.1. The first kappa shape index (κ1) is 9.77. The van der Waals surface area contributed by atoms with E-state index in [1.807, 2.05) is 0 Å². The van der Waals surface area contributed by atoms with E-state index in [0.717, 1.165) is 13.2 Å². The fourth-order valence-corrected chi connectivity index (χ4v) is 1.69. The predicted molar refractivity (Wildman–Crippen MR) is 56.2 cm³/mol. The Hall–Kier alpha value is -0.770. The van der Waals surface area contributed by atoms with E-state index in [1.165, 1.54) is 12.8 Å². The largest absolute Gasteiger partial charge is 0.375 e. The van der Waals surface area contributed by atoms with Gasteiger partial charge in [-0.3, -0.25) is 0 Å². The number of hydrogen-bond acceptors (Lipinski definition) is 2. The second kappa shape index (κ2) is 3.77. The Morgan fingerprint density at radius 2 is 2.14 bits per heavy atom. The molecule has 0 radical (unpaired) electrons. The van der Waals surface area contributed by atoms with Crippen molar-refractivity contribution in [2.45, 2.75) is 44.9 Å². The summed E-state index contributed by atoms with van der Waals surface area (Å²) in [7, 11) is 0. The number of nitrogens with zero attached hydrogens (tertiary/aromatic N) is 2. The maximum absolute atomic E-state index is 5.96. The van der Waals surface area contributed by atoms with Crippen molar-refractivity contribution in [2.24, 2.45) is 10.7 Å². The van der Waals surface area contributed by atoms with Crippen LogP contribution in [0.3, 0.4) is 0 Å². The van der Waals surface area contributed by atoms with Gasteiger partial charge in [0.1, 0.15) is 0 Å². The SMILES string of the molecule is CC1CN(C(N)=NC2CC2)C(C)CO1. The number of guanidine groups is 1. The smallest absolute Gasteiger partial charge is 0.191 e. The molecule has 1 saturated carbocycles. The summed E-state index contributed by atoms with van der Waals surface area (Å²) in [4.78, 5) is 6.62. The minimum Gasteiger partial charge on any atom is -0.375 e. The minimum atomic E-state index is 0.263. The van der Waals surface area contributed by atoms with Crippen LogP contribution in [-0.4, -0.2) is 42.2 Å². The number of rotatable bonds is 1. The summed E-state index contributed by atoms with van der Waals surface area (Å²) in [6.45, 7) is 5.82. The number of ether oxygens (including phenoxy) is 1. The van der Waals surface area contributed by atoms with Gasteiger partial charge in [0.05, 0.1) is 24.8 Å². The quantitative estimate of drug-likeness (QED) is 0.494. The van der Waals surface area contributed by atoms with Crippen LogP contribution >= 0.6 is 0 Å². The average molecular weight is 197 g/mol. The standard InChI is InChI=1S/C10H19N3O/c1-7-6-14-8(2)5-13(7)10(11)12-9-3-4-9/h7-9H,3-6H2,1-2H3,(H2,11,12). The lowest BCUT2D eigenvalue weighted by atomic mass is 10.2. The van der Waals surface area contributed by atoms with Crippen molar-refractivity contribution < 1.29 is 4.74 Å². The van der Waals surface area contributed by atoms with E-state index in [9.17, 15) is 0 Å². The lowest BCUT2D eigenvalue weighted by Crippen LogP contribution is -2.53. The molecule has 4 nitrogen and oxygen atoms in total. The van der Waals surface area contributed by atoms with E-state index in [1.54, 1.807) is 0 Å². The van der Waals surface area contributed by atoms with Crippen LogP contribution in [0.4, 0.5) is 0 Å². The Morgan fingerprint density at radius 3 is 2.79 bits per heavy atom. The Labute approximate surface area is 85.1 Å². The molecule has 2 unspecified atom stereocenters. The van der Waals surface area contributed by atoms with Gasteiger partial charge in [-0.15, -0.1) is 0 Å². The van der Waals surface area contributed by atoms with Crippen LogP contribution in [0.25, 0.3) is 0 Å². The van der Waals surface area contributed by atoms with Crippen molar-refractivity contribution in [1.82, 2.24) is 4.90 Å². The third-order valence-corrected chi connectivity index (χ3v) is 2.76. The monoisotopic (exact) mass is 197 g/mol. The summed E-state index contributed by atoms with van der Waals surface area (Å²) in [5, 5.41) is 0. The topological polar surface area (TPSA) is 50.8 Å². The third-order valence-electron chi connectivity index (χ3n) is 2.76. The molecule has 1 aliphatic heterocycles. The molecule has 0 spiro atoms. The average Bonchev–Trinajstić information content (AvgIpc) is 2.93. The minimum absolute atomic E-state index is 0.263. The first-order chi connectivity index (χ1) is 6.66. The van der Waals surface area contributed by atoms with Crippen molar-refractivity contribution in [3.8, 4) is 0 Å². The van der Waals surface area contributed by atoms with Crippen molar-refractivity contribution >= 4 is 5.96 Å². The lowest BCUT2D eigenvalue weighted by Gasteiger charge is -2.37. The van der Waals surface area contributed by atoms with E-state index in [4.69, 9.17) is 10.5 Å². The Balaban J connectivity index is 1.99. The molecule has 14 heavy (non-hydrogen) atoms. The van der Waals surface area contributed by atoms with Gasteiger partial charge in [-0.05, 0) is 26.7 Å². The summed E-state index contributed by atoms with van der Waals surface area (Å²) in [5.74, 6) is 0.704. The van der Waals surface area contributed by atoms with Gasteiger partial charge in [0, 0.05) is 6.54 Å². The molecule has 2 atom stereocenters. The fraction of sp³-hybridized carbons (Fsp3) is 0.900. The van der Waals surface area contributed by atoms with E-state index >= 15 is 0 Å². The Morgan fingerprint density at radius 1 is 1.43 bits per heavy atom. The van der Waals surface area contributed by atoms with Crippen LogP contribution in [0.5, 0.6) is 0 Å². The van der Waals surface area contributed by atoms with Gasteiger partial charge >= 0.3 is 0 Å². The Bertz CT molecular complexity index is 238. The molecule has 2 N–H and O–H groups in total. The number of morpholine rings is 1. The summed E-state index contributed by atoms with van der Waals surface area (Å²) >= 11 is 0. The van der Waals surface area contributed by atoms with E-state index in [2.05, 4.69) is 23.7 Å². The zero-order valence-electron chi connectivity index (χ0n) is 8.94. The van der Waals surface area contributed by atoms with Gasteiger partial charge in [0.25, 0.3) is 0 Å². The van der Waals surface area contributed by atoms with Crippen LogP contribution in [-0.2, 0) is 4.74 Å². The van der Waals surface area contributed by atoms with Crippen molar-refractivity contribution in [3.63, 3.8) is 0 Å². The second-order valence-corrected chi connectivity index (χ2v) is 4.36. The summed E-state index contributed by atoms with van der Waals surface area (Å²) in [6, 6.07) is 0.856. The van der Waals surface area contributed by atoms with E-state index in [-0.39, 0.29) is 6.10 Å². The number of aliphatic imine (C=N–C) groups is 1. The fourth-order valence-electron chi connectivity index (χ4n) is 1.69. The van der Waals surface area contributed by atoms with E-state index in [0.29, 0.717) is 18.0 Å². The molecule has 2 fully saturated rings. The maximum Gasteiger partial charge on any atom is 0.191 e. The number of hydrogen-bond donors (Lipinski definition) is 1. The van der Waals surface area contributed by atoms with Gasteiger partial charge in [-0.2, -0.15) is 0 Å². The molecule has 1 aliphatic carbocycles. The van der Waals surface area contributed by atoms with E-state index < -0.39 is 0 Å². The molecular weight excluding hydrogens is 178 g/mol. The number of nitrogens with two attached hydrogens (primary N) is 1. The molecule has 80 valence electrons. The lowest BCUT2D eigenvalue weighted by molar-refractivity contribution is -0.0228. The van der Waals surface area contributed by atoms with Gasteiger partial charge in [0.15, 0.2) is 5.96 Å². The van der Waals surface area contributed by atoms with Crippen LogP contribution in [0.2, 0.25) is 0 Å². The van der Waals surface area contributed by atoms with Crippen LogP contribution < -0.4 is 5.73 Å². The predicted octanol–water partition coefficient (Wildman–Crippen LogP) is 0.573. The van der Waals surface area contributed by atoms with Crippen LogP contribution in [0, 0.1) is 0 Å². The molecule has 0 aromatic heterocycles. The van der Waals surface area contributed by atoms with Crippen molar-refractivity contribution in [3.05, 3.63) is 0 Å². The maximum atomic E-state index is 5.96. The molecule has 2 aliphatic rings. The highest BCUT2D eigenvalue weighted by Gasteiger charge is 2.27. The second-order valence-electron chi connectivity index (χ2n) is 4.36. The molecular formula is C10H19N3O. The highest BCUT2D eigenvalue weighted by molar-refractivity contribution is 5.78. The molecule has 0 bridgehead atoms. The molecule has 0 amide bonds. The van der Waals surface area contributed by atoms with Gasteiger partial charge in [0.2, 0.25) is 0 Å². The summed E-state index contributed by atoms with van der Waals surface area (Å²) in [5.41, 5.74) is 5.96. The van der Waals surface area contributed by atoms with Crippen LogP contribution in [0.15, 0.2) is 4.99 Å². The van der Waals surface area contributed by atoms with Gasteiger partial charge in [-0.25, -0.2) is 4.99 Å². The van der Waals surface area contributed by atoms with Gasteiger partial charge in [-0.1, -0.05) is 0 Å². The first-order valence-electron chi connectivity index (χ1n) is 5.38. The molecule has 0 aromatic rings. The van der Waals surface area contributed by atoms with Crippen molar-refractivity contribution in [1.29, 1.82) is 0 Å². The highest BCUT2D eigenvalue weighted by Crippen LogP contribution is 2.24. The summed E-state index contributed by atoms with van der Waals surface area (Å²) < 4.78 is 5.54. The van der Waals surface area contributed by atoms with Crippen LogP contribution in [0.1, 0.15) is 26.7 Å². The Kier molecular flexibility index (Phi) is 2.63. The molecule has 1 heterocycles. The van der Waals surface area contributed by atoms with Crippen molar-refractivity contribution in [2.75, 3.05) is 13.2 Å². The normalized spacial score (nSPS) is 34.7. The summed E-state index contributed by atoms with van der Waals surface area (Å²) in [6.07, 6.45) is 2.67. The highest BCUT2D eigenvalue weighted by atomic mass is 16.5.